The molecular formula is C10H21NO2. The molecule has 0 aliphatic heterocycles. The van der Waals surface area contributed by atoms with Gasteiger partial charge >= 0.3 is 0 Å². The molecule has 0 aliphatic rings. The van der Waals surface area contributed by atoms with Crippen molar-refractivity contribution in [1.29, 1.82) is 0 Å². The standard InChI is InChI=1S/C10H21NO2/c1-4-5-6-7-11-10(12)8-13-9(2)3/h9H,4-8H2,1-3H3,(H,11,12). The van der Waals surface area contributed by atoms with Crippen LogP contribution in [0.4, 0.5) is 0 Å². The van der Waals surface area contributed by atoms with Crippen molar-refractivity contribution < 1.29 is 9.53 Å². The van der Waals surface area contributed by atoms with Crippen LogP contribution in [-0.2, 0) is 9.53 Å². The van der Waals surface area contributed by atoms with Gasteiger partial charge < -0.3 is 10.1 Å². The van der Waals surface area contributed by atoms with Crippen molar-refractivity contribution in [3.63, 3.8) is 0 Å². The minimum atomic E-state index is -0.00944. The zero-order chi connectivity index (χ0) is 10.1. The molecule has 3 heteroatoms. The Hall–Kier alpha value is -0.570. The first-order valence-electron chi connectivity index (χ1n) is 5.05. The number of unbranched alkanes of at least 4 members (excludes halogenated alkanes) is 2. The maximum absolute atomic E-state index is 11.1. The average Bonchev–Trinajstić information content (AvgIpc) is 2.09. The molecule has 0 saturated carbocycles. The lowest BCUT2D eigenvalue weighted by Gasteiger charge is -2.07. The zero-order valence-electron chi connectivity index (χ0n) is 8.93. The molecule has 78 valence electrons. The van der Waals surface area contributed by atoms with Crippen LogP contribution < -0.4 is 5.32 Å². The maximum Gasteiger partial charge on any atom is 0.246 e. The van der Waals surface area contributed by atoms with Gasteiger partial charge in [0.1, 0.15) is 6.61 Å². The van der Waals surface area contributed by atoms with Crippen LogP contribution in [0, 0.1) is 0 Å². The molecule has 0 heterocycles. The molecule has 0 aromatic carbocycles. The summed E-state index contributed by atoms with van der Waals surface area (Å²) in [6, 6.07) is 0. The van der Waals surface area contributed by atoms with Crippen LogP contribution in [0.5, 0.6) is 0 Å². The topological polar surface area (TPSA) is 38.3 Å². The summed E-state index contributed by atoms with van der Waals surface area (Å²) < 4.78 is 5.15. The summed E-state index contributed by atoms with van der Waals surface area (Å²) in [5.74, 6) is -0.00944. The Morgan fingerprint density at radius 2 is 2.08 bits per heavy atom. The third kappa shape index (κ3) is 9.34. The molecule has 0 fully saturated rings. The minimum absolute atomic E-state index is 0.00944. The van der Waals surface area contributed by atoms with E-state index in [-0.39, 0.29) is 18.6 Å². The molecule has 0 aromatic rings. The van der Waals surface area contributed by atoms with E-state index in [0.29, 0.717) is 0 Å². The number of carbonyl (C=O) groups is 1. The zero-order valence-corrected chi connectivity index (χ0v) is 8.93. The monoisotopic (exact) mass is 187 g/mol. The predicted molar refractivity (Wildman–Crippen MR) is 53.6 cm³/mol. The van der Waals surface area contributed by atoms with Gasteiger partial charge in [-0.3, -0.25) is 4.79 Å². The highest BCUT2D eigenvalue weighted by Gasteiger charge is 2.01. The Balaban J connectivity index is 3.20. The van der Waals surface area contributed by atoms with Gasteiger partial charge in [-0.2, -0.15) is 0 Å². The van der Waals surface area contributed by atoms with Gasteiger partial charge in [-0.15, -0.1) is 0 Å². The van der Waals surface area contributed by atoms with Crippen LogP contribution in [-0.4, -0.2) is 25.2 Å². The Bertz CT molecular complexity index is 135. The van der Waals surface area contributed by atoms with E-state index in [2.05, 4.69) is 12.2 Å². The first-order valence-corrected chi connectivity index (χ1v) is 5.05. The van der Waals surface area contributed by atoms with E-state index in [1.807, 2.05) is 13.8 Å². The highest BCUT2D eigenvalue weighted by atomic mass is 16.5. The predicted octanol–water partition coefficient (Wildman–Crippen LogP) is 1.72. The lowest BCUT2D eigenvalue weighted by atomic mass is 10.2. The maximum atomic E-state index is 11.1. The molecule has 0 aliphatic carbocycles. The van der Waals surface area contributed by atoms with Gasteiger partial charge in [-0.25, -0.2) is 0 Å². The molecule has 0 radical (unpaired) electrons. The first kappa shape index (κ1) is 12.4. The summed E-state index contributed by atoms with van der Waals surface area (Å²) in [5.41, 5.74) is 0. The summed E-state index contributed by atoms with van der Waals surface area (Å²) in [7, 11) is 0. The Labute approximate surface area is 80.8 Å². The third-order valence-electron chi connectivity index (χ3n) is 1.65. The fraction of sp³-hybridized carbons (Fsp3) is 0.900. The fourth-order valence-corrected chi connectivity index (χ4v) is 0.896. The second-order valence-electron chi connectivity index (χ2n) is 3.42. The quantitative estimate of drug-likeness (QED) is 0.616. The molecule has 0 rings (SSSR count). The van der Waals surface area contributed by atoms with Crippen molar-refractivity contribution in [3.8, 4) is 0 Å². The summed E-state index contributed by atoms with van der Waals surface area (Å²) in [6.07, 6.45) is 3.54. The second-order valence-corrected chi connectivity index (χ2v) is 3.42. The highest BCUT2D eigenvalue weighted by Crippen LogP contribution is 1.91. The van der Waals surface area contributed by atoms with Gasteiger partial charge in [-0.05, 0) is 20.3 Å². The molecule has 1 N–H and O–H groups in total. The van der Waals surface area contributed by atoms with Gasteiger partial charge in [0.15, 0.2) is 0 Å². The van der Waals surface area contributed by atoms with Crippen LogP contribution in [0.2, 0.25) is 0 Å². The first-order chi connectivity index (χ1) is 6.16. The van der Waals surface area contributed by atoms with E-state index in [0.717, 1.165) is 13.0 Å². The number of rotatable bonds is 7. The van der Waals surface area contributed by atoms with Gasteiger partial charge in [0.25, 0.3) is 0 Å². The number of amides is 1. The largest absolute Gasteiger partial charge is 0.369 e. The molecule has 1 amide bonds. The molecule has 0 bridgehead atoms. The smallest absolute Gasteiger partial charge is 0.246 e. The van der Waals surface area contributed by atoms with Crippen molar-refractivity contribution in [1.82, 2.24) is 5.32 Å². The Morgan fingerprint density at radius 1 is 1.38 bits per heavy atom. The molecule has 0 atom stereocenters. The van der Waals surface area contributed by atoms with E-state index in [4.69, 9.17) is 4.74 Å². The van der Waals surface area contributed by atoms with E-state index in [1.54, 1.807) is 0 Å². The van der Waals surface area contributed by atoms with E-state index in [1.165, 1.54) is 12.8 Å². The van der Waals surface area contributed by atoms with Crippen molar-refractivity contribution in [2.45, 2.75) is 46.1 Å². The number of nitrogens with one attached hydrogen (secondary N) is 1. The van der Waals surface area contributed by atoms with Gasteiger partial charge in [0, 0.05) is 6.54 Å². The summed E-state index contributed by atoms with van der Waals surface area (Å²) in [6.45, 7) is 6.94. The fourth-order valence-electron chi connectivity index (χ4n) is 0.896. The molecule has 13 heavy (non-hydrogen) atoms. The highest BCUT2D eigenvalue weighted by molar-refractivity contribution is 5.77. The van der Waals surface area contributed by atoms with E-state index < -0.39 is 0 Å². The summed E-state index contributed by atoms with van der Waals surface area (Å²) >= 11 is 0. The van der Waals surface area contributed by atoms with Crippen LogP contribution in [0.15, 0.2) is 0 Å². The summed E-state index contributed by atoms with van der Waals surface area (Å²) in [4.78, 5) is 11.1. The number of carbonyl (C=O) groups excluding carboxylic acids is 1. The molecular weight excluding hydrogens is 166 g/mol. The SMILES string of the molecule is CCCCCNC(=O)COC(C)C. The summed E-state index contributed by atoms with van der Waals surface area (Å²) in [5, 5.41) is 2.81. The lowest BCUT2D eigenvalue weighted by molar-refractivity contribution is -0.127. The Morgan fingerprint density at radius 3 is 2.62 bits per heavy atom. The van der Waals surface area contributed by atoms with Crippen molar-refractivity contribution in [2.75, 3.05) is 13.2 Å². The minimum Gasteiger partial charge on any atom is -0.369 e. The van der Waals surface area contributed by atoms with E-state index >= 15 is 0 Å². The van der Waals surface area contributed by atoms with Crippen molar-refractivity contribution in [3.05, 3.63) is 0 Å². The molecule has 0 unspecified atom stereocenters. The second kappa shape index (κ2) is 8.05. The average molecular weight is 187 g/mol. The van der Waals surface area contributed by atoms with Crippen molar-refractivity contribution >= 4 is 5.91 Å². The lowest BCUT2D eigenvalue weighted by Crippen LogP contribution is -2.29. The van der Waals surface area contributed by atoms with Crippen molar-refractivity contribution in [2.24, 2.45) is 0 Å². The number of hydrogen-bond donors (Lipinski definition) is 1. The van der Waals surface area contributed by atoms with Crippen LogP contribution in [0.3, 0.4) is 0 Å². The van der Waals surface area contributed by atoms with Gasteiger partial charge in [0.2, 0.25) is 5.91 Å². The normalized spacial score (nSPS) is 10.5. The van der Waals surface area contributed by atoms with Crippen LogP contribution in [0.1, 0.15) is 40.0 Å². The molecule has 0 aromatic heterocycles. The van der Waals surface area contributed by atoms with E-state index in [9.17, 15) is 4.79 Å². The molecule has 0 spiro atoms. The Kier molecular flexibility index (Phi) is 7.69. The number of hydrogen-bond acceptors (Lipinski definition) is 2. The van der Waals surface area contributed by atoms with Crippen LogP contribution in [0.25, 0.3) is 0 Å². The van der Waals surface area contributed by atoms with Gasteiger partial charge in [0.05, 0.1) is 6.10 Å². The molecule has 0 saturated heterocycles. The molecule has 3 nitrogen and oxygen atoms in total. The van der Waals surface area contributed by atoms with Gasteiger partial charge in [-0.1, -0.05) is 19.8 Å². The third-order valence-corrected chi connectivity index (χ3v) is 1.65. The van der Waals surface area contributed by atoms with Crippen LogP contribution >= 0.6 is 0 Å². The number of ether oxygens (including phenoxy) is 1.